The summed E-state index contributed by atoms with van der Waals surface area (Å²) in [5.41, 5.74) is -5.77. The van der Waals surface area contributed by atoms with Crippen LogP contribution in [0.5, 0.6) is 0 Å². The van der Waals surface area contributed by atoms with Crippen molar-refractivity contribution in [3.05, 3.63) is 0 Å². The highest BCUT2D eigenvalue weighted by Gasteiger charge is 2.70. The zero-order valence-electron chi connectivity index (χ0n) is 16.3. The van der Waals surface area contributed by atoms with Crippen LogP contribution in [-0.4, -0.2) is 126 Å². The molecular formula is C16H26Cl3NO11. The maximum atomic E-state index is 11.8. The first-order valence-electron chi connectivity index (χ1n) is 9.16. The molecule has 1 amide bonds. The van der Waals surface area contributed by atoms with Gasteiger partial charge in [-0.05, 0) is 0 Å². The van der Waals surface area contributed by atoms with Gasteiger partial charge in [0.05, 0.1) is 26.4 Å². The number of hydrogen-bond acceptors (Lipinski definition) is 11. The minimum Gasteiger partial charge on any atom is -0.394 e. The van der Waals surface area contributed by atoms with Gasteiger partial charge in [-0.2, -0.15) is 0 Å². The third-order valence-electron chi connectivity index (χ3n) is 5.39. The van der Waals surface area contributed by atoms with E-state index in [0.29, 0.717) is 0 Å². The van der Waals surface area contributed by atoms with Crippen molar-refractivity contribution in [3.63, 3.8) is 0 Å². The molecule has 9 atom stereocenters. The lowest BCUT2D eigenvalue weighted by molar-refractivity contribution is -0.370. The minimum atomic E-state index is -2.93. The van der Waals surface area contributed by atoms with Gasteiger partial charge in [0.1, 0.15) is 42.2 Å². The van der Waals surface area contributed by atoms with Gasteiger partial charge in [0.15, 0.2) is 11.9 Å². The molecule has 0 aromatic heterocycles. The fourth-order valence-electron chi connectivity index (χ4n) is 3.79. The predicted molar refractivity (Wildman–Crippen MR) is 104 cm³/mol. The highest BCUT2D eigenvalue weighted by Crippen LogP contribution is 2.44. The van der Waals surface area contributed by atoms with Gasteiger partial charge in [0.25, 0.3) is 0 Å². The predicted octanol–water partition coefficient (Wildman–Crippen LogP) is -3.47. The van der Waals surface area contributed by atoms with E-state index in [-0.39, 0.29) is 0 Å². The first-order chi connectivity index (χ1) is 14.2. The molecule has 2 aliphatic heterocycles. The van der Waals surface area contributed by atoms with Gasteiger partial charge in [0.2, 0.25) is 9.70 Å². The lowest BCUT2D eigenvalue weighted by Crippen LogP contribution is -2.85. The summed E-state index contributed by atoms with van der Waals surface area (Å²) in [6, 6.07) is -1.81. The topological polar surface area (TPSA) is 198 Å². The number of carbonyl (C=O) groups is 1. The molecule has 31 heavy (non-hydrogen) atoms. The normalized spacial score (nSPS) is 44.2. The van der Waals surface area contributed by atoms with Gasteiger partial charge in [-0.3, -0.25) is 4.79 Å². The SMILES string of the molecule is CC(=O)N[C@@H]1[C@@H](OCC(Cl)(Cl)Cl)O[C@H](CO)[C@@H](O)[C@@]1(O)[C@@]1(O)CO[C@H](CO)[C@H](O)[C@@H]1O. The molecular weight excluding hydrogens is 489 g/mol. The number of ether oxygens (including phenoxy) is 3. The molecule has 0 bridgehead atoms. The van der Waals surface area contributed by atoms with Gasteiger partial charge in [-0.15, -0.1) is 0 Å². The number of alkyl halides is 3. The number of carbonyl (C=O) groups excluding carboxylic acids is 1. The maximum Gasteiger partial charge on any atom is 0.217 e. The minimum absolute atomic E-state index is 0.630. The number of amides is 1. The fraction of sp³-hybridized carbons (Fsp3) is 0.938. The quantitative estimate of drug-likeness (QED) is 0.164. The number of nitrogens with one attached hydrogen (secondary N) is 1. The van der Waals surface area contributed by atoms with E-state index in [1.165, 1.54) is 0 Å². The molecule has 0 aromatic rings. The second kappa shape index (κ2) is 10.1. The van der Waals surface area contributed by atoms with E-state index in [0.717, 1.165) is 6.92 Å². The van der Waals surface area contributed by atoms with Crippen molar-refractivity contribution in [2.75, 3.05) is 26.4 Å². The Hall–Kier alpha value is -0.0600. The molecule has 0 saturated carbocycles. The van der Waals surface area contributed by atoms with Crippen molar-refractivity contribution < 1.29 is 54.8 Å². The molecule has 0 unspecified atom stereocenters. The molecule has 0 aromatic carbocycles. The highest BCUT2D eigenvalue weighted by molar-refractivity contribution is 6.67. The molecule has 12 nitrogen and oxygen atoms in total. The molecule has 2 rings (SSSR count). The van der Waals surface area contributed by atoms with Crippen LogP contribution in [0.4, 0.5) is 0 Å². The third kappa shape index (κ3) is 5.22. The lowest BCUT2D eigenvalue weighted by atomic mass is 9.65. The zero-order chi connectivity index (χ0) is 23.8. The second-order valence-electron chi connectivity index (χ2n) is 7.49. The van der Waals surface area contributed by atoms with Crippen LogP contribution in [0.3, 0.4) is 0 Å². The van der Waals surface area contributed by atoms with E-state index in [9.17, 15) is 40.5 Å². The summed E-state index contributed by atoms with van der Waals surface area (Å²) in [6.45, 7) is -2.09. The summed E-state index contributed by atoms with van der Waals surface area (Å²) in [4.78, 5) is 11.8. The summed E-state index contributed by atoms with van der Waals surface area (Å²) >= 11 is 17.0. The zero-order valence-corrected chi connectivity index (χ0v) is 18.5. The van der Waals surface area contributed by atoms with Gasteiger partial charge in [-0.1, -0.05) is 34.8 Å². The average molecular weight is 515 g/mol. The van der Waals surface area contributed by atoms with Gasteiger partial charge >= 0.3 is 0 Å². The first-order valence-corrected chi connectivity index (χ1v) is 10.3. The van der Waals surface area contributed by atoms with E-state index in [1.807, 2.05) is 0 Å². The van der Waals surface area contributed by atoms with Crippen LogP contribution in [0.1, 0.15) is 6.92 Å². The van der Waals surface area contributed by atoms with Crippen LogP contribution < -0.4 is 5.32 Å². The Kier molecular flexibility index (Phi) is 8.82. The number of hydrogen-bond donors (Lipinski definition) is 8. The molecule has 0 spiro atoms. The van der Waals surface area contributed by atoms with E-state index < -0.39 is 90.2 Å². The molecule has 0 radical (unpaired) electrons. The van der Waals surface area contributed by atoms with E-state index in [4.69, 9.17) is 49.0 Å². The fourth-order valence-corrected chi connectivity index (χ4v) is 3.98. The molecule has 15 heteroatoms. The van der Waals surface area contributed by atoms with Crippen LogP contribution in [0, 0.1) is 0 Å². The Morgan fingerprint density at radius 2 is 1.71 bits per heavy atom. The summed E-state index contributed by atoms with van der Waals surface area (Å²) in [7, 11) is 0. The monoisotopic (exact) mass is 513 g/mol. The average Bonchev–Trinajstić information content (AvgIpc) is 2.68. The molecule has 2 aliphatic rings. The van der Waals surface area contributed by atoms with Crippen LogP contribution in [0.15, 0.2) is 0 Å². The molecule has 2 fully saturated rings. The Labute approximate surface area is 192 Å². The summed E-state index contributed by atoms with van der Waals surface area (Å²) in [5.74, 6) is -0.771. The van der Waals surface area contributed by atoms with Crippen molar-refractivity contribution in [2.45, 2.75) is 64.8 Å². The molecule has 0 aliphatic carbocycles. The second-order valence-corrected chi connectivity index (χ2v) is 10.0. The Bertz CT molecular complexity index is 640. The molecule has 8 N–H and O–H groups in total. The highest BCUT2D eigenvalue weighted by atomic mass is 35.6. The van der Waals surface area contributed by atoms with Crippen LogP contribution in [0.25, 0.3) is 0 Å². The van der Waals surface area contributed by atoms with Crippen molar-refractivity contribution >= 4 is 40.7 Å². The van der Waals surface area contributed by atoms with Crippen molar-refractivity contribution in [1.82, 2.24) is 5.32 Å². The van der Waals surface area contributed by atoms with Crippen LogP contribution >= 0.6 is 34.8 Å². The molecule has 182 valence electrons. The Morgan fingerprint density at radius 3 is 2.19 bits per heavy atom. The first kappa shape index (κ1) is 27.2. The number of aliphatic hydroxyl groups is 7. The maximum absolute atomic E-state index is 11.8. The number of rotatable bonds is 6. The molecule has 2 saturated heterocycles. The Balaban J connectivity index is 2.54. The van der Waals surface area contributed by atoms with Crippen molar-refractivity contribution in [1.29, 1.82) is 0 Å². The van der Waals surface area contributed by atoms with Gasteiger partial charge < -0.3 is 55.3 Å². The van der Waals surface area contributed by atoms with Crippen molar-refractivity contribution in [2.24, 2.45) is 0 Å². The number of aliphatic hydroxyl groups excluding tert-OH is 5. The van der Waals surface area contributed by atoms with Gasteiger partial charge in [0, 0.05) is 6.92 Å². The summed E-state index contributed by atoms with van der Waals surface area (Å²) in [5, 5.41) is 75.6. The van der Waals surface area contributed by atoms with Crippen LogP contribution in [-0.2, 0) is 19.0 Å². The summed E-state index contributed by atoms with van der Waals surface area (Å²) in [6.07, 6.45) is -10.8. The van der Waals surface area contributed by atoms with E-state index in [1.54, 1.807) is 0 Å². The van der Waals surface area contributed by atoms with E-state index in [2.05, 4.69) is 5.32 Å². The van der Waals surface area contributed by atoms with Gasteiger partial charge in [-0.25, -0.2) is 0 Å². The largest absolute Gasteiger partial charge is 0.394 e. The lowest BCUT2D eigenvalue weighted by Gasteiger charge is -2.59. The smallest absolute Gasteiger partial charge is 0.217 e. The summed E-state index contributed by atoms with van der Waals surface area (Å²) < 4.78 is 13.9. The molecule has 2 heterocycles. The standard InChI is InChI=1S/C16H26Cl3NO11/c1-6(23)20-10-13(30-5-15(17,18)19)31-8(3-22)11(25)16(10,28)14(27)4-29-7(2-21)9(24)12(14)26/h7-13,21-22,24-28H,2-5H2,1H3,(H,20,23)/t7-,8-,9+,10-,11-,12+,13+,14-,16-/m1/s1. The van der Waals surface area contributed by atoms with Crippen molar-refractivity contribution in [3.8, 4) is 0 Å². The van der Waals surface area contributed by atoms with E-state index >= 15 is 0 Å². The van der Waals surface area contributed by atoms with Crippen LogP contribution in [0.2, 0.25) is 0 Å². The number of halogens is 3. The Morgan fingerprint density at radius 1 is 1.13 bits per heavy atom. The third-order valence-corrected chi connectivity index (χ3v) is 5.72.